The second-order valence-electron chi connectivity index (χ2n) is 3.27. The van der Waals surface area contributed by atoms with Gasteiger partial charge in [0.25, 0.3) is 0 Å². The summed E-state index contributed by atoms with van der Waals surface area (Å²) in [4.78, 5) is 0. The Hall–Kier alpha value is -1.48. The molecule has 0 radical (unpaired) electrons. The van der Waals surface area contributed by atoms with Crippen LogP contribution in [0.15, 0.2) is 24.8 Å². The van der Waals surface area contributed by atoms with Crippen molar-refractivity contribution in [2.75, 3.05) is 14.2 Å². The maximum absolute atomic E-state index is 9.39. The number of methoxy groups -OCH3 is 2. The standard InChI is InChI=1S/C12H16O3/c1-8(9(2)13)10-5-6-11(14-3)12(7-10)15-4/h5-7,9,13H,1H2,2-4H3/t9-/m1/s1. The van der Waals surface area contributed by atoms with Crippen LogP contribution in [-0.4, -0.2) is 25.4 Å². The second-order valence-corrected chi connectivity index (χ2v) is 3.27. The van der Waals surface area contributed by atoms with Gasteiger partial charge in [-0.25, -0.2) is 0 Å². The summed E-state index contributed by atoms with van der Waals surface area (Å²) in [6.07, 6.45) is -0.567. The third-order valence-corrected chi connectivity index (χ3v) is 2.26. The third-order valence-electron chi connectivity index (χ3n) is 2.26. The molecule has 0 unspecified atom stereocenters. The van der Waals surface area contributed by atoms with Gasteiger partial charge in [0.05, 0.1) is 20.3 Å². The summed E-state index contributed by atoms with van der Waals surface area (Å²) < 4.78 is 10.3. The molecule has 82 valence electrons. The molecule has 0 heterocycles. The zero-order valence-electron chi connectivity index (χ0n) is 9.28. The van der Waals surface area contributed by atoms with Gasteiger partial charge in [-0.3, -0.25) is 0 Å². The predicted octanol–water partition coefficient (Wildman–Crippen LogP) is 2.10. The Bertz CT molecular complexity index is 356. The van der Waals surface area contributed by atoms with Crippen molar-refractivity contribution in [2.24, 2.45) is 0 Å². The molecule has 1 aromatic rings. The van der Waals surface area contributed by atoms with E-state index in [0.29, 0.717) is 17.1 Å². The number of benzene rings is 1. The van der Waals surface area contributed by atoms with E-state index in [1.54, 1.807) is 33.3 Å². The van der Waals surface area contributed by atoms with Crippen LogP contribution in [0.1, 0.15) is 12.5 Å². The topological polar surface area (TPSA) is 38.7 Å². The number of hydrogen-bond donors (Lipinski definition) is 1. The van der Waals surface area contributed by atoms with Crippen LogP contribution in [0.4, 0.5) is 0 Å². The Morgan fingerprint density at radius 2 is 1.87 bits per heavy atom. The lowest BCUT2D eigenvalue weighted by Crippen LogP contribution is -2.02. The van der Waals surface area contributed by atoms with Gasteiger partial charge in [-0.15, -0.1) is 0 Å². The van der Waals surface area contributed by atoms with E-state index in [1.165, 1.54) is 0 Å². The average molecular weight is 208 g/mol. The van der Waals surface area contributed by atoms with Gasteiger partial charge in [0.1, 0.15) is 0 Å². The van der Waals surface area contributed by atoms with Crippen molar-refractivity contribution < 1.29 is 14.6 Å². The number of aliphatic hydroxyl groups excluding tert-OH is 1. The number of hydrogen-bond acceptors (Lipinski definition) is 3. The maximum atomic E-state index is 9.39. The van der Waals surface area contributed by atoms with Gasteiger partial charge in [0, 0.05) is 0 Å². The number of aliphatic hydroxyl groups is 1. The first-order chi connectivity index (χ1) is 7.10. The van der Waals surface area contributed by atoms with Crippen molar-refractivity contribution in [2.45, 2.75) is 13.0 Å². The van der Waals surface area contributed by atoms with Gasteiger partial charge in [0.2, 0.25) is 0 Å². The lowest BCUT2D eigenvalue weighted by Gasteiger charge is -2.12. The van der Waals surface area contributed by atoms with Crippen LogP contribution in [0.2, 0.25) is 0 Å². The minimum absolute atomic E-state index is 0.567. The normalized spacial score (nSPS) is 12.0. The van der Waals surface area contributed by atoms with E-state index >= 15 is 0 Å². The summed E-state index contributed by atoms with van der Waals surface area (Å²) in [7, 11) is 3.16. The molecule has 3 nitrogen and oxygen atoms in total. The Labute approximate surface area is 90.0 Å². The van der Waals surface area contributed by atoms with Crippen molar-refractivity contribution in [3.63, 3.8) is 0 Å². The van der Waals surface area contributed by atoms with Crippen LogP contribution in [0.25, 0.3) is 5.57 Å². The Balaban J connectivity index is 3.08. The molecule has 0 aliphatic rings. The van der Waals surface area contributed by atoms with Crippen LogP contribution in [0, 0.1) is 0 Å². The molecule has 1 N–H and O–H groups in total. The molecule has 0 spiro atoms. The summed E-state index contributed by atoms with van der Waals surface area (Å²) in [6.45, 7) is 5.49. The predicted molar refractivity (Wildman–Crippen MR) is 60.3 cm³/mol. The molecule has 0 saturated carbocycles. The Morgan fingerprint density at radius 1 is 1.27 bits per heavy atom. The molecule has 15 heavy (non-hydrogen) atoms. The van der Waals surface area contributed by atoms with Crippen molar-refractivity contribution >= 4 is 5.57 Å². The first-order valence-electron chi connectivity index (χ1n) is 4.69. The average Bonchev–Trinajstić information content (AvgIpc) is 2.26. The lowest BCUT2D eigenvalue weighted by atomic mass is 10.0. The van der Waals surface area contributed by atoms with E-state index < -0.39 is 6.10 Å². The van der Waals surface area contributed by atoms with E-state index in [4.69, 9.17) is 9.47 Å². The maximum Gasteiger partial charge on any atom is 0.161 e. The highest BCUT2D eigenvalue weighted by molar-refractivity contribution is 5.68. The molecule has 0 aliphatic carbocycles. The summed E-state index contributed by atoms with van der Waals surface area (Å²) in [5.41, 5.74) is 1.51. The highest BCUT2D eigenvalue weighted by Gasteiger charge is 2.09. The molecule has 1 rings (SSSR count). The van der Waals surface area contributed by atoms with Crippen LogP contribution < -0.4 is 9.47 Å². The second kappa shape index (κ2) is 4.84. The molecule has 1 aromatic carbocycles. The molecule has 0 bridgehead atoms. The Morgan fingerprint density at radius 3 is 2.33 bits per heavy atom. The van der Waals surface area contributed by atoms with Crippen LogP contribution in [-0.2, 0) is 0 Å². The molecule has 0 aromatic heterocycles. The number of ether oxygens (including phenoxy) is 2. The van der Waals surface area contributed by atoms with Gasteiger partial charge < -0.3 is 14.6 Å². The molecular formula is C12H16O3. The summed E-state index contributed by atoms with van der Waals surface area (Å²) in [6, 6.07) is 5.44. The smallest absolute Gasteiger partial charge is 0.161 e. The molecular weight excluding hydrogens is 192 g/mol. The van der Waals surface area contributed by atoms with E-state index in [2.05, 4.69) is 6.58 Å². The zero-order valence-corrected chi connectivity index (χ0v) is 9.28. The van der Waals surface area contributed by atoms with Crippen LogP contribution in [0.3, 0.4) is 0 Å². The van der Waals surface area contributed by atoms with E-state index in [9.17, 15) is 5.11 Å². The third kappa shape index (κ3) is 2.50. The summed E-state index contributed by atoms with van der Waals surface area (Å²) in [5.74, 6) is 1.30. The molecule has 0 aliphatic heterocycles. The van der Waals surface area contributed by atoms with Crippen LogP contribution >= 0.6 is 0 Å². The fraction of sp³-hybridized carbons (Fsp3) is 0.333. The van der Waals surface area contributed by atoms with E-state index in [-0.39, 0.29) is 0 Å². The van der Waals surface area contributed by atoms with E-state index in [0.717, 1.165) is 5.56 Å². The van der Waals surface area contributed by atoms with Gasteiger partial charge in [-0.2, -0.15) is 0 Å². The minimum Gasteiger partial charge on any atom is -0.493 e. The van der Waals surface area contributed by atoms with Crippen molar-refractivity contribution in [1.82, 2.24) is 0 Å². The summed E-state index contributed by atoms with van der Waals surface area (Å²) >= 11 is 0. The molecule has 0 amide bonds. The van der Waals surface area contributed by atoms with Gasteiger partial charge in [-0.1, -0.05) is 12.6 Å². The van der Waals surface area contributed by atoms with Gasteiger partial charge >= 0.3 is 0 Å². The zero-order chi connectivity index (χ0) is 11.4. The Kier molecular flexibility index (Phi) is 3.74. The fourth-order valence-electron chi connectivity index (χ4n) is 1.28. The SMILES string of the molecule is C=C(c1ccc(OC)c(OC)c1)[C@@H](C)O. The quantitative estimate of drug-likeness (QED) is 0.823. The monoisotopic (exact) mass is 208 g/mol. The minimum atomic E-state index is -0.567. The first kappa shape index (κ1) is 11.6. The number of rotatable bonds is 4. The molecule has 0 saturated heterocycles. The fourth-order valence-corrected chi connectivity index (χ4v) is 1.28. The van der Waals surface area contributed by atoms with Crippen molar-refractivity contribution in [1.29, 1.82) is 0 Å². The lowest BCUT2D eigenvalue weighted by molar-refractivity contribution is 0.253. The first-order valence-corrected chi connectivity index (χ1v) is 4.69. The molecule has 3 heteroatoms. The highest BCUT2D eigenvalue weighted by Crippen LogP contribution is 2.30. The van der Waals surface area contributed by atoms with Gasteiger partial charge in [-0.05, 0) is 30.2 Å². The molecule has 0 fully saturated rings. The van der Waals surface area contributed by atoms with Gasteiger partial charge in [0.15, 0.2) is 11.5 Å². The molecule has 1 atom stereocenters. The van der Waals surface area contributed by atoms with Crippen molar-refractivity contribution in [3.05, 3.63) is 30.3 Å². The highest BCUT2D eigenvalue weighted by atomic mass is 16.5. The van der Waals surface area contributed by atoms with E-state index in [1.807, 2.05) is 6.07 Å². The summed E-state index contributed by atoms with van der Waals surface area (Å²) in [5, 5.41) is 9.39. The largest absolute Gasteiger partial charge is 0.493 e. The van der Waals surface area contributed by atoms with Crippen LogP contribution in [0.5, 0.6) is 11.5 Å². The van der Waals surface area contributed by atoms with Crippen molar-refractivity contribution in [3.8, 4) is 11.5 Å².